The number of nitrogens with zero attached hydrogens (tertiary/aromatic N) is 1. The van der Waals surface area contributed by atoms with Crippen molar-refractivity contribution in [3.05, 3.63) is 0 Å². The van der Waals surface area contributed by atoms with Gasteiger partial charge in [-0.05, 0) is 19.3 Å². The van der Waals surface area contributed by atoms with Gasteiger partial charge in [0.25, 0.3) is 0 Å². The highest BCUT2D eigenvalue weighted by molar-refractivity contribution is 7.90. The minimum Gasteiger partial charge on any atom is -0.348 e. The second kappa shape index (κ2) is 5.75. The van der Waals surface area contributed by atoms with Gasteiger partial charge in [0.05, 0.1) is 19.3 Å². The van der Waals surface area contributed by atoms with E-state index in [4.69, 9.17) is 14.7 Å². The van der Waals surface area contributed by atoms with Crippen molar-refractivity contribution in [2.75, 3.05) is 13.2 Å². The molecule has 7 heteroatoms. The molecule has 0 aromatic heterocycles. The first-order valence-electron chi connectivity index (χ1n) is 6.70. The number of ether oxygens (including phenoxy) is 2. The highest BCUT2D eigenvalue weighted by Crippen LogP contribution is 2.35. The summed E-state index contributed by atoms with van der Waals surface area (Å²) in [7, 11) is -3.55. The van der Waals surface area contributed by atoms with Crippen molar-refractivity contribution in [1.29, 1.82) is 5.26 Å². The normalized spacial score (nSPS) is 25.3. The van der Waals surface area contributed by atoms with Gasteiger partial charge in [-0.2, -0.15) is 5.26 Å². The molecule has 1 N–H and O–H groups in total. The van der Waals surface area contributed by atoms with Crippen LogP contribution in [0.2, 0.25) is 0 Å². The topological polar surface area (TPSA) is 88.4 Å². The van der Waals surface area contributed by atoms with Crippen molar-refractivity contribution in [3.63, 3.8) is 0 Å². The zero-order chi connectivity index (χ0) is 13.9. The van der Waals surface area contributed by atoms with Gasteiger partial charge >= 0.3 is 0 Å². The molecule has 1 aliphatic carbocycles. The van der Waals surface area contributed by atoms with Crippen molar-refractivity contribution in [2.24, 2.45) is 0 Å². The van der Waals surface area contributed by atoms with Gasteiger partial charge in [0.2, 0.25) is 10.0 Å². The third-order valence-corrected chi connectivity index (χ3v) is 5.63. The third-order valence-electron chi connectivity index (χ3n) is 3.78. The van der Waals surface area contributed by atoms with Crippen LogP contribution >= 0.6 is 0 Å². The molecule has 108 valence electrons. The Hall–Kier alpha value is -0.680. The predicted octanol–water partition coefficient (Wildman–Crippen LogP) is 0.894. The van der Waals surface area contributed by atoms with Gasteiger partial charge in [-0.1, -0.05) is 6.92 Å². The van der Waals surface area contributed by atoms with Crippen LogP contribution in [0.15, 0.2) is 0 Å². The first-order valence-corrected chi connectivity index (χ1v) is 8.24. The average molecular weight is 288 g/mol. The van der Waals surface area contributed by atoms with Crippen LogP contribution in [0.4, 0.5) is 0 Å². The lowest BCUT2D eigenvalue weighted by Crippen LogP contribution is -2.46. The molecule has 1 atom stereocenters. The van der Waals surface area contributed by atoms with Crippen LogP contribution < -0.4 is 4.72 Å². The maximum atomic E-state index is 12.0. The van der Waals surface area contributed by atoms with Gasteiger partial charge in [-0.3, -0.25) is 0 Å². The largest absolute Gasteiger partial charge is 0.348 e. The Balaban J connectivity index is 1.90. The van der Waals surface area contributed by atoms with Crippen LogP contribution in [0, 0.1) is 11.3 Å². The van der Waals surface area contributed by atoms with Crippen molar-refractivity contribution in [2.45, 2.75) is 56.1 Å². The van der Waals surface area contributed by atoms with E-state index in [0.29, 0.717) is 45.3 Å². The molecule has 1 unspecified atom stereocenters. The summed E-state index contributed by atoms with van der Waals surface area (Å²) in [5.74, 6) is -0.485. The molecule has 2 aliphatic rings. The zero-order valence-corrected chi connectivity index (χ0v) is 11.9. The molecule has 0 bridgehead atoms. The molecule has 1 saturated carbocycles. The van der Waals surface area contributed by atoms with E-state index in [2.05, 4.69) is 4.72 Å². The Kier molecular flexibility index (Phi) is 4.46. The SMILES string of the molecule is CCC(C#N)S(=O)(=O)NC1CCC2(CC1)OCCO2. The van der Waals surface area contributed by atoms with Gasteiger partial charge in [-0.15, -0.1) is 0 Å². The number of hydrogen-bond donors (Lipinski definition) is 1. The quantitative estimate of drug-likeness (QED) is 0.830. The fraction of sp³-hybridized carbons (Fsp3) is 0.917. The average Bonchev–Trinajstić information content (AvgIpc) is 2.82. The minimum atomic E-state index is -3.55. The summed E-state index contributed by atoms with van der Waals surface area (Å²) in [5, 5.41) is 7.88. The molecule has 1 saturated heterocycles. The van der Waals surface area contributed by atoms with Crippen LogP contribution in [0.1, 0.15) is 39.0 Å². The molecule has 1 spiro atoms. The molecule has 19 heavy (non-hydrogen) atoms. The maximum absolute atomic E-state index is 12.0. The number of sulfonamides is 1. The summed E-state index contributed by atoms with van der Waals surface area (Å²) < 4.78 is 37.8. The maximum Gasteiger partial charge on any atom is 0.228 e. The Morgan fingerprint density at radius 1 is 1.37 bits per heavy atom. The van der Waals surface area contributed by atoms with Crippen molar-refractivity contribution >= 4 is 10.0 Å². The van der Waals surface area contributed by atoms with E-state index in [1.165, 1.54) is 0 Å². The fourth-order valence-electron chi connectivity index (χ4n) is 2.66. The second-order valence-electron chi connectivity index (χ2n) is 5.07. The Morgan fingerprint density at radius 2 is 1.95 bits per heavy atom. The monoisotopic (exact) mass is 288 g/mol. The molecule has 1 aliphatic heterocycles. The molecule has 0 amide bonds. The Labute approximate surface area is 114 Å². The molecule has 0 radical (unpaired) electrons. The van der Waals surface area contributed by atoms with Gasteiger partial charge < -0.3 is 9.47 Å². The molecular formula is C12H20N2O4S. The molecule has 0 aromatic carbocycles. The molecule has 0 aromatic rings. The van der Waals surface area contributed by atoms with Crippen LogP contribution in [0.25, 0.3) is 0 Å². The summed E-state index contributed by atoms with van der Waals surface area (Å²) in [6.45, 7) is 2.93. The lowest BCUT2D eigenvalue weighted by molar-refractivity contribution is -0.178. The van der Waals surface area contributed by atoms with E-state index < -0.39 is 21.1 Å². The van der Waals surface area contributed by atoms with Crippen LogP contribution in [-0.2, 0) is 19.5 Å². The Morgan fingerprint density at radius 3 is 2.42 bits per heavy atom. The number of rotatable bonds is 4. The first kappa shape index (κ1) is 14.7. The van der Waals surface area contributed by atoms with Gasteiger partial charge in [0, 0.05) is 18.9 Å². The number of nitrogens with one attached hydrogen (secondary N) is 1. The first-order chi connectivity index (χ1) is 9.01. The minimum absolute atomic E-state index is 0.120. The molecule has 1 heterocycles. The van der Waals surface area contributed by atoms with E-state index in [9.17, 15) is 8.42 Å². The Bertz CT molecular complexity index is 441. The zero-order valence-electron chi connectivity index (χ0n) is 11.1. The summed E-state index contributed by atoms with van der Waals surface area (Å²) in [6, 6.07) is 1.71. The molecule has 2 rings (SSSR count). The van der Waals surface area contributed by atoms with E-state index >= 15 is 0 Å². The second-order valence-corrected chi connectivity index (χ2v) is 6.97. The lowest BCUT2D eigenvalue weighted by Gasteiger charge is -2.35. The van der Waals surface area contributed by atoms with Crippen LogP contribution in [-0.4, -0.2) is 38.7 Å². The van der Waals surface area contributed by atoms with E-state index in [1.807, 2.05) is 6.07 Å². The molecule has 2 fully saturated rings. The molecule has 6 nitrogen and oxygen atoms in total. The number of nitriles is 1. The van der Waals surface area contributed by atoms with Crippen molar-refractivity contribution in [3.8, 4) is 6.07 Å². The summed E-state index contributed by atoms with van der Waals surface area (Å²) >= 11 is 0. The van der Waals surface area contributed by atoms with Crippen LogP contribution in [0.3, 0.4) is 0 Å². The standard InChI is InChI=1S/C12H20N2O4S/c1-2-11(9-13)19(15,16)14-10-3-5-12(6-4-10)17-7-8-18-12/h10-11,14H,2-8H2,1H3. The predicted molar refractivity (Wildman–Crippen MR) is 68.6 cm³/mol. The van der Waals surface area contributed by atoms with Crippen molar-refractivity contribution < 1.29 is 17.9 Å². The van der Waals surface area contributed by atoms with E-state index in [0.717, 1.165) is 0 Å². The lowest BCUT2D eigenvalue weighted by atomic mass is 9.91. The highest BCUT2D eigenvalue weighted by Gasteiger charge is 2.41. The van der Waals surface area contributed by atoms with Gasteiger partial charge in [0.1, 0.15) is 0 Å². The fourth-order valence-corrected chi connectivity index (χ4v) is 4.10. The smallest absolute Gasteiger partial charge is 0.228 e. The van der Waals surface area contributed by atoms with Gasteiger partial charge in [-0.25, -0.2) is 13.1 Å². The van der Waals surface area contributed by atoms with Crippen LogP contribution in [0.5, 0.6) is 0 Å². The number of hydrogen-bond acceptors (Lipinski definition) is 5. The summed E-state index contributed by atoms with van der Waals surface area (Å²) in [4.78, 5) is 0. The third kappa shape index (κ3) is 3.26. The van der Waals surface area contributed by atoms with E-state index in [-0.39, 0.29) is 6.04 Å². The summed E-state index contributed by atoms with van der Waals surface area (Å²) in [6.07, 6.45) is 3.06. The highest BCUT2D eigenvalue weighted by atomic mass is 32.2. The van der Waals surface area contributed by atoms with Crippen molar-refractivity contribution in [1.82, 2.24) is 4.72 Å². The molecular weight excluding hydrogens is 268 g/mol. The summed E-state index contributed by atoms with van der Waals surface area (Å²) in [5.41, 5.74) is 0. The van der Waals surface area contributed by atoms with Gasteiger partial charge in [0.15, 0.2) is 11.0 Å². The van der Waals surface area contributed by atoms with E-state index in [1.54, 1.807) is 6.92 Å².